The van der Waals surface area contributed by atoms with Gasteiger partial charge in [0.1, 0.15) is 5.75 Å². The predicted molar refractivity (Wildman–Crippen MR) is 121 cm³/mol. The normalized spacial score (nSPS) is 12.2. The van der Waals surface area contributed by atoms with E-state index in [-0.39, 0.29) is 17.3 Å². The number of thioether (sulfide) groups is 1. The Bertz CT molecular complexity index is 1170. The first-order chi connectivity index (χ1) is 16.1. The lowest BCUT2D eigenvalue weighted by Gasteiger charge is -2.14. The van der Waals surface area contributed by atoms with E-state index in [1.165, 1.54) is 19.2 Å². The number of aromatic nitrogens is 3. The van der Waals surface area contributed by atoms with E-state index in [4.69, 9.17) is 4.74 Å². The van der Waals surface area contributed by atoms with Gasteiger partial charge in [-0.2, -0.15) is 13.2 Å². The van der Waals surface area contributed by atoms with Crippen LogP contribution in [0.5, 0.6) is 5.75 Å². The molecule has 1 atom stereocenters. The van der Waals surface area contributed by atoms with Crippen LogP contribution < -0.4 is 15.4 Å². The third-order valence-electron chi connectivity index (χ3n) is 4.76. The van der Waals surface area contributed by atoms with Gasteiger partial charge in [-0.15, -0.1) is 10.2 Å². The van der Waals surface area contributed by atoms with Crippen LogP contribution in [0.1, 0.15) is 34.7 Å². The van der Waals surface area contributed by atoms with E-state index in [1.807, 2.05) is 0 Å². The van der Waals surface area contributed by atoms with Crippen molar-refractivity contribution in [2.24, 2.45) is 7.05 Å². The van der Waals surface area contributed by atoms with Crippen molar-refractivity contribution < 1.29 is 27.5 Å². The second-order valence-electron chi connectivity index (χ2n) is 7.24. The fourth-order valence-electron chi connectivity index (χ4n) is 3.02. The summed E-state index contributed by atoms with van der Waals surface area (Å²) in [6, 6.07) is 10.6. The van der Waals surface area contributed by atoms with Gasteiger partial charge in [0, 0.05) is 18.3 Å². The van der Waals surface area contributed by atoms with Gasteiger partial charge in [-0.25, -0.2) is 0 Å². The van der Waals surface area contributed by atoms with Gasteiger partial charge in [0.05, 0.1) is 24.5 Å². The molecule has 2 amide bonds. The minimum atomic E-state index is -4.50. The molecule has 0 unspecified atom stereocenters. The Morgan fingerprint density at radius 2 is 1.85 bits per heavy atom. The largest absolute Gasteiger partial charge is 0.497 e. The van der Waals surface area contributed by atoms with Gasteiger partial charge in [0.2, 0.25) is 5.91 Å². The fraction of sp³-hybridized carbons (Fsp3) is 0.273. The van der Waals surface area contributed by atoms with Gasteiger partial charge in [-0.1, -0.05) is 17.8 Å². The highest BCUT2D eigenvalue weighted by Crippen LogP contribution is 2.30. The van der Waals surface area contributed by atoms with Crippen LogP contribution in [0.25, 0.3) is 0 Å². The second kappa shape index (κ2) is 10.6. The molecular weight excluding hydrogens is 471 g/mol. The molecule has 0 fully saturated rings. The van der Waals surface area contributed by atoms with Gasteiger partial charge in [0.15, 0.2) is 11.0 Å². The lowest BCUT2D eigenvalue weighted by molar-refractivity contribution is -0.137. The van der Waals surface area contributed by atoms with E-state index < -0.39 is 23.7 Å². The van der Waals surface area contributed by atoms with Crippen LogP contribution in [0.4, 0.5) is 18.9 Å². The topological polar surface area (TPSA) is 98.1 Å². The molecule has 34 heavy (non-hydrogen) atoms. The number of rotatable bonds is 8. The molecule has 2 aromatic carbocycles. The zero-order valence-electron chi connectivity index (χ0n) is 18.5. The molecule has 0 saturated carbocycles. The average molecular weight is 494 g/mol. The van der Waals surface area contributed by atoms with E-state index in [0.717, 1.165) is 23.9 Å². The highest BCUT2D eigenvalue weighted by Gasteiger charge is 2.30. The van der Waals surface area contributed by atoms with Gasteiger partial charge >= 0.3 is 6.18 Å². The summed E-state index contributed by atoms with van der Waals surface area (Å²) in [5.74, 6) is 0.233. The minimum absolute atomic E-state index is 0.0499. The van der Waals surface area contributed by atoms with Crippen molar-refractivity contribution in [3.05, 3.63) is 65.5 Å². The van der Waals surface area contributed by atoms with E-state index >= 15 is 0 Å². The van der Waals surface area contributed by atoms with Gasteiger partial charge in [-0.3, -0.25) is 9.59 Å². The maximum atomic E-state index is 12.8. The first kappa shape index (κ1) is 25.1. The Morgan fingerprint density at radius 1 is 1.15 bits per heavy atom. The SMILES string of the molecule is COc1ccc(C(=O)N[C@@H](C)c2nnc(SCC(=O)Nc3cccc(C(F)(F)F)c3)n2C)cc1. The summed E-state index contributed by atoms with van der Waals surface area (Å²) in [6.45, 7) is 1.75. The fourth-order valence-corrected chi connectivity index (χ4v) is 3.73. The van der Waals surface area contributed by atoms with Crippen molar-refractivity contribution in [2.75, 3.05) is 18.2 Å². The number of nitrogens with zero attached hydrogens (tertiary/aromatic N) is 3. The molecule has 8 nitrogen and oxygen atoms in total. The number of benzene rings is 2. The Morgan fingerprint density at radius 3 is 2.50 bits per heavy atom. The molecule has 0 aliphatic carbocycles. The standard InChI is InChI=1S/C22H22F3N5O3S/c1-13(26-20(32)14-7-9-17(33-3)10-8-14)19-28-29-21(30(19)2)34-12-18(31)27-16-6-4-5-15(11-16)22(23,24)25/h4-11,13H,12H2,1-3H3,(H,26,32)(H,27,31)/t13-/m0/s1. The quantitative estimate of drug-likeness (QED) is 0.459. The van der Waals surface area contributed by atoms with Gasteiger partial charge < -0.3 is 19.9 Å². The van der Waals surface area contributed by atoms with E-state index in [2.05, 4.69) is 20.8 Å². The van der Waals surface area contributed by atoms with Crippen LogP contribution in [0.2, 0.25) is 0 Å². The average Bonchev–Trinajstić information content (AvgIpc) is 3.17. The number of halogens is 3. The molecular formula is C22H22F3N5O3S. The van der Waals surface area contributed by atoms with Crippen LogP contribution >= 0.6 is 11.8 Å². The smallest absolute Gasteiger partial charge is 0.416 e. The molecule has 12 heteroatoms. The Labute approximate surface area is 197 Å². The molecule has 180 valence electrons. The number of alkyl halides is 3. The number of carbonyl (C=O) groups excluding carboxylic acids is 2. The number of hydrogen-bond acceptors (Lipinski definition) is 6. The Hall–Kier alpha value is -3.54. The van der Waals surface area contributed by atoms with Crippen molar-refractivity contribution in [2.45, 2.75) is 24.3 Å². The summed E-state index contributed by atoms with van der Waals surface area (Å²) in [6.07, 6.45) is -4.50. The number of methoxy groups -OCH3 is 1. The third kappa shape index (κ3) is 6.28. The molecule has 0 aliphatic heterocycles. The number of carbonyl (C=O) groups is 2. The van der Waals surface area contributed by atoms with Crippen LogP contribution in [0.15, 0.2) is 53.7 Å². The van der Waals surface area contributed by atoms with E-state index in [0.29, 0.717) is 22.3 Å². The molecule has 2 N–H and O–H groups in total. The lowest BCUT2D eigenvalue weighted by Crippen LogP contribution is -2.28. The number of hydrogen-bond donors (Lipinski definition) is 2. The number of nitrogens with one attached hydrogen (secondary N) is 2. The van der Waals surface area contributed by atoms with Crippen molar-refractivity contribution in [3.63, 3.8) is 0 Å². The van der Waals surface area contributed by atoms with Crippen LogP contribution in [0, 0.1) is 0 Å². The summed E-state index contributed by atoms with van der Waals surface area (Å²) < 4.78 is 45.2. The maximum absolute atomic E-state index is 12.8. The molecule has 0 saturated heterocycles. The zero-order valence-corrected chi connectivity index (χ0v) is 19.3. The number of amides is 2. The summed E-state index contributed by atoms with van der Waals surface area (Å²) >= 11 is 1.07. The van der Waals surface area contributed by atoms with Crippen LogP contribution in [0.3, 0.4) is 0 Å². The molecule has 0 radical (unpaired) electrons. The maximum Gasteiger partial charge on any atom is 0.416 e. The summed E-state index contributed by atoms with van der Waals surface area (Å²) in [4.78, 5) is 24.7. The highest BCUT2D eigenvalue weighted by molar-refractivity contribution is 7.99. The lowest BCUT2D eigenvalue weighted by atomic mass is 10.2. The summed E-state index contributed by atoms with van der Waals surface area (Å²) in [5.41, 5.74) is -0.341. The van der Waals surface area contributed by atoms with Gasteiger partial charge in [-0.05, 0) is 49.4 Å². The Balaban J connectivity index is 1.57. The monoisotopic (exact) mass is 493 g/mol. The van der Waals surface area contributed by atoms with Crippen molar-refractivity contribution in [3.8, 4) is 5.75 Å². The minimum Gasteiger partial charge on any atom is -0.497 e. The summed E-state index contributed by atoms with van der Waals surface area (Å²) in [7, 11) is 3.23. The highest BCUT2D eigenvalue weighted by atomic mass is 32.2. The molecule has 0 bridgehead atoms. The van der Waals surface area contributed by atoms with Crippen molar-refractivity contribution >= 4 is 29.3 Å². The first-order valence-electron chi connectivity index (χ1n) is 10.0. The first-order valence-corrected chi connectivity index (χ1v) is 11.0. The molecule has 1 heterocycles. The predicted octanol–water partition coefficient (Wildman–Crippen LogP) is 4.06. The zero-order chi connectivity index (χ0) is 24.9. The van der Waals surface area contributed by atoms with E-state index in [1.54, 1.807) is 42.8 Å². The van der Waals surface area contributed by atoms with Crippen LogP contribution in [-0.4, -0.2) is 39.4 Å². The van der Waals surface area contributed by atoms with Gasteiger partial charge in [0.25, 0.3) is 5.91 Å². The molecule has 0 spiro atoms. The summed E-state index contributed by atoms with van der Waals surface area (Å²) in [5, 5.41) is 13.8. The number of ether oxygens (including phenoxy) is 1. The second-order valence-corrected chi connectivity index (χ2v) is 8.18. The molecule has 3 rings (SSSR count). The molecule has 0 aliphatic rings. The third-order valence-corrected chi connectivity index (χ3v) is 5.78. The number of anilines is 1. The van der Waals surface area contributed by atoms with Crippen LogP contribution in [-0.2, 0) is 18.0 Å². The van der Waals surface area contributed by atoms with Crippen molar-refractivity contribution in [1.29, 1.82) is 0 Å². The van der Waals surface area contributed by atoms with Crippen molar-refractivity contribution in [1.82, 2.24) is 20.1 Å². The van der Waals surface area contributed by atoms with E-state index in [9.17, 15) is 22.8 Å². The molecule has 1 aromatic heterocycles. The Kier molecular flexibility index (Phi) is 7.82. The molecule has 3 aromatic rings.